The lowest BCUT2D eigenvalue weighted by Crippen LogP contribution is -2.03. The zero-order chi connectivity index (χ0) is 14.6. The third-order valence-electron chi connectivity index (χ3n) is 3.35. The Bertz CT molecular complexity index is 989. The van der Waals surface area contributed by atoms with Crippen LogP contribution >= 0.6 is 23.3 Å². The van der Waals surface area contributed by atoms with Crippen LogP contribution < -0.4 is 5.73 Å². The predicted molar refractivity (Wildman–Crippen MR) is 84.0 cm³/mol. The van der Waals surface area contributed by atoms with Gasteiger partial charge in [0.1, 0.15) is 16.6 Å². The topological polar surface area (TPSA) is 82.5 Å². The van der Waals surface area contributed by atoms with E-state index in [2.05, 4.69) is 18.7 Å². The van der Waals surface area contributed by atoms with Gasteiger partial charge in [0.05, 0.1) is 22.4 Å². The summed E-state index contributed by atoms with van der Waals surface area (Å²) in [4.78, 5) is 8.78. The number of aromatic nitrogens is 5. The van der Waals surface area contributed by atoms with Crippen molar-refractivity contribution in [3.63, 3.8) is 0 Å². The first-order valence-electron chi connectivity index (χ1n) is 6.17. The van der Waals surface area contributed by atoms with E-state index < -0.39 is 0 Å². The molecule has 4 rings (SSSR count). The van der Waals surface area contributed by atoms with Gasteiger partial charge in [-0.3, -0.25) is 4.57 Å². The van der Waals surface area contributed by atoms with Gasteiger partial charge in [0.2, 0.25) is 5.95 Å². The van der Waals surface area contributed by atoms with E-state index in [1.165, 1.54) is 0 Å². The van der Waals surface area contributed by atoms with Crippen LogP contribution in [0.2, 0.25) is 5.02 Å². The molecule has 0 unspecified atom stereocenters. The van der Waals surface area contributed by atoms with Crippen LogP contribution in [-0.2, 0) is 0 Å². The first kappa shape index (κ1) is 12.5. The van der Waals surface area contributed by atoms with Gasteiger partial charge in [-0.05, 0) is 30.7 Å². The van der Waals surface area contributed by atoms with E-state index in [4.69, 9.17) is 17.3 Å². The molecule has 0 spiro atoms. The maximum Gasteiger partial charge on any atom is 0.207 e. The van der Waals surface area contributed by atoms with Gasteiger partial charge in [-0.15, -0.1) is 0 Å². The number of nitrogens with two attached hydrogens (primary N) is 1. The summed E-state index contributed by atoms with van der Waals surface area (Å²) >= 11 is 7.50. The Labute approximate surface area is 128 Å². The zero-order valence-corrected chi connectivity index (χ0v) is 12.5. The molecule has 6 nitrogen and oxygen atoms in total. The summed E-state index contributed by atoms with van der Waals surface area (Å²) < 4.78 is 10.3. The highest BCUT2D eigenvalue weighted by Crippen LogP contribution is 2.33. The molecule has 0 fully saturated rings. The number of anilines is 1. The summed E-state index contributed by atoms with van der Waals surface area (Å²) in [5.41, 5.74) is 10.6. The Morgan fingerprint density at radius 1 is 1.19 bits per heavy atom. The number of rotatable bonds is 1. The molecule has 0 saturated heterocycles. The van der Waals surface area contributed by atoms with Crippen molar-refractivity contribution in [2.75, 3.05) is 5.73 Å². The fraction of sp³-hybridized carbons (Fsp3) is 0.0769. The van der Waals surface area contributed by atoms with E-state index in [9.17, 15) is 0 Å². The Kier molecular flexibility index (Phi) is 2.60. The predicted octanol–water partition coefficient (Wildman–Crippen LogP) is 2.97. The van der Waals surface area contributed by atoms with E-state index in [0.717, 1.165) is 28.3 Å². The van der Waals surface area contributed by atoms with Gasteiger partial charge in [-0.2, -0.15) is 8.75 Å². The quantitative estimate of drug-likeness (QED) is 0.583. The molecular formula is C13H9ClN6S. The summed E-state index contributed by atoms with van der Waals surface area (Å²) in [7, 11) is 0. The number of imidazole rings is 1. The minimum Gasteiger partial charge on any atom is -0.369 e. The standard InChI is InChI=1S/C13H9ClN6S/c1-6-4-5-16-12-9(6)17-13(15)20(12)11-7(14)2-3-8-10(11)19-21-18-8/h2-5H,1H3,(H2,15,17). The van der Waals surface area contributed by atoms with Crippen LogP contribution in [0.1, 0.15) is 5.56 Å². The molecule has 0 aliphatic rings. The number of benzene rings is 1. The summed E-state index contributed by atoms with van der Waals surface area (Å²) in [6.07, 6.45) is 1.72. The molecule has 0 aliphatic heterocycles. The fourth-order valence-corrected chi connectivity index (χ4v) is 3.13. The monoisotopic (exact) mass is 316 g/mol. The molecule has 3 heterocycles. The Balaban J connectivity index is 2.19. The van der Waals surface area contributed by atoms with E-state index in [0.29, 0.717) is 27.8 Å². The number of pyridine rings is 1. The van der Waals surface area contributed by atoms with Gasteiger partial charge in [-0.25, -0.2) is 9.97 Å². The van der Waals surface area contributed by atoms with Crippen LogP contribution in [0.25, 0.3) is 27.9 Å². The summed E-state index contributed by atoms with van der Waals surface area (Å²) in [5.74, 6) is 0.328. The molecule has 4 aromatic rings. The average molecular weight is 317 g/mol. The van der Waals surface area contributed by atoms with Gasteiger partial charge < -0.3 is 5.73 Å². The number of hydrogen-bond donors (Lipinski definition) is 1. The average Bonchev–Trinajstić information content (AvgIpc) is 3.05. The molecule has 1 aromatic carbocycles. The lowest BCUT2D eigenvalue weighted by atomic mass is 10.2. The van der Waals surface area contributed by atoms with Crippen LogP contribution in [0.4, 0.5) is 5.95 Å². The molecular weight excluding hydrogens is 308 g/mol. The summed E-state index contributed by atoms with van der Waals surface area (Å²) in [5, 5.41) is 0.532. The second-order valence-electron chi connectivity index (χ2n) is 4.63. The fourth-order valence-electron chi connectivity index (χ4n) is 2.36. The van der Waals surface area contributed by atoms with Crippen molar-refractivity contribution < 1.29 is 0 Å². The Morgan fingerprint density at radius 2 is 2.05 bits per heavy atom. The third kappa shape index (κ3) is 1.71. The van der Waals surface area contributed by atoms with Crippen LogP contribution in [0.5, 0.6) is 0 Å². The minimum atomic E-state index is 0.328. The van der Waals surface area contributed by atoms with E-state index in [1.54, 1.807) is 16.8 Å². The highest BCUT2D eigenvalue weighted by atomic mass is 35.5. The molecule has 2 N–H and O–H groups in total. The van der Waals surface area contributed by atoms with Gasteiger partial charge in [0.15, 0.2) is 5.65 Å². The van der Waals surface area contributed by atoms with Gasteiger partial charge >= 0.3 is 0 Å². The van der Waals surface area contributed by atoms with Gasteiger partial charge in [0, 0.05) is 6.20 Å². The first-order valence-corrected chi connectivity index (χ1v) is 7.28. The molecule has 0 radical (unpaired) electrons. The number of nitrogen functional groups attached to an aromatic ring is 1. The van der Waals surface area contributed by atoms with E-state index >= 15 is 0 Å². The van der Waals surface area contributed by atoms with Crippen molar-refractivity contribution in [1.82, 2.24) is 23.3 Å². The van der Waals surface area contributed by atoms with Crippen LogP contribution in [0, 0.1) is 6.92 Å². The number of fused-ring (bicyclic) bond motifs is 2. The van der Waals surface area contributed by atoms with Crippen molar-refractivity contribution >= 4 is 51.5 Å². The molecule has 0 aliphatic carbocycles. The number of halogens is 1. The third-order valence-corrected chi connectivity index (χ3v) is 4.20. The maximum absolute atomic E-state index is 6.37. The maximum atomic E-state index is 6.37. The molecule has 8 heteroatoms. The lowest BCUT2D eigenvalue weighted by Gasteiger charge is -2.08. The second-order valence-corrected chi connectivity index (χ2v) is 5.57. The first-order chi connectivity index (χ1) is 10.2. The van der Waals surface area contributed by atoms with Crippen LogP contribution in [0.15, 0.2) is 24.4 Å². The largest absolute Gasteiger partial charge is 0.369 e. The van der Waals surface area contributed by atoms with Gasteiger partial charge in [-0.1, -0.05) is 11.6 Å². The number of nitrogens with zero attached hydrogens (tertiary/aromatic N) is 5. The summed E-state index contributed by atoms with van der Waals surface area (Å²) in [6, 6.07) is 5.51. The van der Waals surface area contributed by atoms with Crippen molar-refractivity contribution in [3.8, 4) is 5.69 Å². The molecule has 21 heavy (non-hydrogen) atoms. The van der Waals surface area contributed by atoms with E-state index in [-0.39, 0.29) is 0 Å². The van der Waals surface area contributed by atoms with Crippen molar-refractivity contribution in [2.45, 2.75) is 6.92 Å². The van der Waals surface area contributed by atoms with Crippen molar-refractivity contribution in [1.29, 1.82) is 0 Å². The van der Waals surface area contributed by atoms with Crippen molar-refractivity contribution in [3.05, 3.63) is 35.0 Å². The molecule has 0 bridgehead atoms. The van der Waals surface area contributed by atoms with Crippen LogP contribution in [-0.4, -0.2) is 23.3 Å². The molecule has 0 saturated carbocycles. The number of aryl methyl sites for hydroxylation is 1. The second kappa shape index (κ2) is 4.37. The summed E-state index contributed by atoms with van der Waals surface area (Å²) in [6.45, 7) is 1.97. The highest BCUT2D eigenvalue weighted by molar-refractivity contribution is 7.00. The van der Waals surface area contributed by atoms with Crippen molar-refractivity contribution in [2.24, 2.45) is 0 Å². The Hall–Kier alpha value is -2.25. The van der Waals surface area contributed by atoms with Crippen LogP contribution in [0.3, 0.4) is 0 Å². The molecule has 104 valence electrons. The van der Waals surface area contributed by atoms with E-state index in [1.807, 2.05) is 19.1 Å². The zero-order valence-electron chi connectivity index (χ0n) is 10.9. The molecule has 3 aromatic heterocycles. The SMILES string of the molecule is Cc1ccnc2c1nc(N)n2-c1c(Cl)ccc2nsnc12. The number of hydrogen-bond acceptors (Lipinski definition) is 6. The lowest BCUT2D eigenvalue weighted by molar-refractivity contribution is 1.09. The molecule has 0 atom stereocenters. The smallest absolute Gasteiger partial charge is 0.207 e. The minimum absolute atomic E-state index is 0.328. The Morgan fingerprint density at radius 3 is 2.90 bits per heavy atom. The molecule has 0 amide bonds. The normalized spacial score (nSPS) is 11.5. The van der Waals surface area contributed by atoms with Gasteiger partial charge in [0.25, 0.3) is 0 Å². The highest BCUT2D eigenvalue weighted by Gasteiger charge is 2.19.